The average molecular weight is 530 g/mol. The number of aromatic nitrogens is 2. The molecule has 1 aromatic carbocycles. The molecule has 204 valence electrons. The van der Waals surface area contributed by atoms with Gasteiger partial charge in [-0.1, -0.05) is 30.3 Å². The minimum absolute atomic E-state index is 0.0518. The molecule has 13 nitrogen and oxygen atoms in total. The van der Waals surface area contributed by atoms with Crippen molar-refractivity contribution >= 4 is 23.9 Å². The van der Waals surface area contributed by atoms with Crippen molar-refractivity contribution < 1.29 is 38.9 Å². The first-order valence-electron chi connectivity index (χ1n) is 12.2. The van der Waals surface area contributed by atoms with Gasteiger partial charge in [0, 0.05) is 44.2 Å². The van der Waals surface area contributed by atoms with Crippen molar-refractivity contribution in [1.29, 1.82) is 0 Å². The number of rotatable bonds is 11. The standard InChI is InChI=1S/C25H31N5O8/c1-2-37-25(36)30-12-10-29(11-13-30)24(35)18(8-9-21(32)33)27-23(34)19-16-20(38-15-14-31)28-22(26-19)17-6-4-3-5-7-17/h3-7,16,18,31H,2,8-15H2,1H3,(H,27,34)(H,32,33)/t18-/m0/s1. The summed E-state index contributed by atoms with van der Waals surface area (Å²) in [7, 11) is 0. The van der Waals surface area contributed by atoms with Crippen molar-refractivity contribution in [2.45, 2.75) is 25.8 Å². The van der Waals surface area contributed by atoms with Crippen molar-refractivity contribution in [2.24, 2.45) is 0 Å². The fraction of sp³-hybridized carbons (Fsp3) is 0.440. The summed E-state index contributed by atoms with van der Waals surface area (Å²) in [5.74, 6) is -2.03. The highest BCUT2D eigenvalue weighted by molar-refractivity contribution is 5.96. The molecule has 0 aliphatic carbocycles. The van der Waals surface area contributed by atoms with Crippen molar-refractivity contribution in [3.63, 3.8) is 0 Å². The number of aliphatic hydroxyl groups excluding tert-OH is 1. The number of ether oxygens (including phenoxy) is 2. The van der Waals surface area contributed by atoms with E-state index in [0.717, 1.165) is 0 Å². The number of hydrogen-bond donors (Lipinski definition) is 3. The smallest absolute Gasteiger partial charge is 0.409 e. The maximum atomic E-state index is 13.3. The number of nitrogens with zero attached hydrogens (tertiary/aromatic N) is 4. The Balaban J connectivity index is 1.78. The zero-order chi connectivity index (χ0) is 27.5. The van der Waals surface area contributed by atoms with Crippen LogP contribution in [0.15, 0.2) is 36.4 Å². The monoisotopic (exact) mass is 529 g/mol. The molecule has 3 rings (SSSR count). The predicted octanol–water partition coefficient (Wildman–Crippen LogP) is 0.779. The van der Waals surface area contributed by atoms with Crippen LogP contribution in [0.1, 0.15) is 30.3 Å². The molecule has 13 heteroatoms. The number of carbonyl (C=O) groups is 4. The van der Waals surface area contributed by atoms with E-state index in [1.165, 1.54) is 15.9 Å². The molecular weight excluding hydrogens is 498 g/mol. The lowest BCUT2D eigenvalue weighted by Gasteiger charge is -2.35. The van der Waals surface area contributed by atoms with Crippen LogP contribution in [0.3, 0.4) is 0 Å². The molecule has 1 aliphatic heterocycles. The summed E-state index contributed by atoms with van der Waals surface area (Å²) < 4.78 is 10.4. The van der Waals surface area contributed by atoms with Gasteiger partial charge < -0.3 is 34.8 Å². The molecule has 0 unspecified atom stereocenters. The van der Waals surface area contributed by atoms with Gasteiger partial charge in [0.05, 0.1) is 13.2 Å². The highest BCUT2D eigenvalue weighted by Gasteiger charge is 2.31. The highest BCUT2D eigenvalue weighted by Crippen LogP contribution is 2.19. The topological polar surface area (TPSA) is 171 Å². The minimum Gasteiger partial charge on any atom is -0.481 e. The second kappa shape index (κ2) is 13.9. The fourth-order valence-corrected chi connectivity index (χ4v) is 3.78. The summed E-state index contributed by atoms with van der Waals surface area (Å²) in [4.78, 5) is 61.2. The summed E-state index contributed by atoms with van der Waals surface area (Å²) in [5.41, 5.74) is 0.529. The molecule has 38 heavy (non-hydrogen) atoms. The number of nitrogens with one attached hydrogen (secondary N) is 1. The van der Waals surface area contributed by atoms with Crippen LogP contribution < -0.4 is 10.1 Å². The van der Waals surface area contributed by atoms with Crippen molar-refractivity contribution in [2.75, 3.05) is 46.0 Å². The number of carboxylic acid groups (broad SMARTS) is 1. The van der Waals surface area contributed by atoms with Crippen molar-refractivity contribution in [3.05, 3.63) is 42.1 Å². The maximum absolute atomic E-state index is 13.3. The molecule has 1 atom stereocenters. The van der Waals surface area contributed by atoms with Gasteiger partial charge in [0.2, 0.25) is 11.8 Å². The molecule has 1 aliphatic rings. The van der Waals surface area contributed by atoms with Gasteiger partial charge in [-0.15, -0.1) is 0 Å². The van der Waals surface area contributed by atoms with E-state index >= 15 is 0 Å². The van der Waals surface area contributed by atoms with E-state index < -0.39 is 29.9 Å². The third kappa shape index (κ3) is 7.87. The van der Waals surface area contributed by atoms with Gasteiger partial charge in [-0.05, 0) is 13.3 Å². The van der Waals surface area contributed by atoms with Crippen LogP contribution in [0.5, 0.6) is 5.88 Å². The van der Waals surface area contributed by atoms with E-state index in [1.807, 2.05) is 6.07 Å². The third-order valence-corrected chi connectivity index (χ3v) is 5.68. The van der Waals surface area contributed by atoms with E-state index in [9.17, 15) is 24.3 Å². The lowest BCUT2D eigenvalue weighted by Crippen LogP contribution is -2.56. The molecule has 0 radical (unpaired) electrons. The molecule has 3 N–H and O–H groups in total. The normalized spacial score (nSPS) is 13.9. The van der Waals surface area contributed by atoms with Gasteiger partial charge in [-0.25, -0.2) is 9.78 Å². The molecule has 2 heterocycles. The van der Waals surface area contributed by atoms with Crippen molar-refractivity contribution in [1.82, 2.24) is 25.1 Å². The fourth-order valence-electron chi connectivity index (χ4n) is 3.78. The first-order chi connectivity index (χ1) is 18.3. The molecule has 2 aromatic rings. The van der Waals surface area contributed by atoms with Crippen molar-refractivity contribution in [3.8, 4) is 17.3 Å². The summed E-state index contributed by atoms with van der Waals surface area (Å²) in [6.45, 7) is 2.55. The molecule has 3 amide bonds. The van der Waals surface area contributed by atoms with Gasteiger partial charge in [0.15, 0.2) is 5.82 Å². The Morgan fingerprint density at radius 3 is 2.37 bits per heavy atom. The number of amides is 3. The third-order valence-electron chi connectivity index (χ3n) is 5.68. The average Bonchev–Trinajstić information content (AvgIpc) is 2.94. The van der Waals surface area contributed by atoms with Crippen LogP contribution in [-0.2, 0) is 14.3 Å². The Bertz CT molecular complexity index is 1120. The molecule has 0 bridgehead atoms. The van der Waals surface area contributed by atoms with Crippen LogP contribution >= 0.6 is 0 Å². The lowest BCUT2D eigenvalue weighted by molar-refractivity contribution is -0.138. The van der Waals surface area contributed by atoms with Gasteiger partial charge in [-0.3, -0.25) is 14.4 Å². The zero-order valence-electron chi connectivity index (χ0n) is 21.0. The number of hydrogen-bond acceptors (Lipinski definition) is 9. The SMILES string of the molecule is CCOC(=O)N1CCN(C(=O)[C@H](CCC(=O)O)NC(=O)c2cc(OCCO)nc(-c3ccccc3)n2)CC1. The van der Waals surface area contributed by atoms with Crippen LogP contribution in [0, 0.1) is 0 Å². The molecule has 0 saturated carbocycles. The second-order valence-electron chi connectivity index (χ2n) is 8.32. The number of piperazine rings is 1. The largest absolute Gasteiger partial charge is 0.481 e. The van der Waals surface area contributed by atoms with Crippen LogP contribution in [0.2, 0.25) is 0 Å². The molecule has 1 aromatic heterocycles. The molecule has 1 fully saturated rings. The Morgan fingerprint density at radius 1 is 1.05 bits per heavy atom. The van der Waals surface area contributed by atoms with Crippen LogP contribution in [0.4, 0.5) is 4.79 Å². The van der Waals surface area contributed by atoms with Gasteiger partial charge >= 0.3 is 12.1 Å². The van der Waals surface area contributed by atoms with Crippen LogP contribution in [0.25, 0.3) is 11.4 Å². The van der Waals surface area contributed by atoms with Gasteiger partial charge in [-0.2, -0.15) is 4.98 Å². The quantitative estimate of drug-likeness (QED) is 0.378. The number of aliphatic hydroxyl groups is 1. The van der Waals surface area contributed by atoms with E-state index in [-0.39, 0.29) is 76.2 Å². The molecular formula is C25H31N5O8. The summed E-state index contributed by atoms with van der Waals surface area (Å²) >= 11 is 0. The van der Waals surface area contributed by atoms with E-state index in [1.54, 1.807) is 31.2 Å². The first kappa shape index (κ1) is 28.3. The van der Waals surface area contributed by atoms with E-state index in [0.29, 0.717) is 5.56 Å². The van der Waals surface area contributed by atoms with E-state index in [4.69, 9.17) is 14.6 Å². The number of carbonyl (C=O) groups excluding carboxylic acids is 3. The number of carboxylic acids is 1. The first-order valence-corrected chi connectivity index (χ1v) is 12.2. The Labute approximate surface area is 219 Å². The lowest BCUT2D eigenvalue weighted by atomic mass is 10.1. The Morgan fingerprint density at radius 2 is 1.74 bits per heavy atom. The Kier molecular flexibility index (Phi) is 10.3. The summed E-state index contributed by atoms with van der Waals surface area (Å²) in [6, 6.07) is 9.03. The van der Waals surface area contributed by atoms with Gasteiger partial charge in [0.1, 0.15) is 18.3 Å². The second-order valence-corrected chi connectivity index (χ2v) is 8.32. The minimum atomic E-state index is -1.13. The van der Waals surface area contributed by atoms with Crippen LogP contribution in [-0.4, -0.2) is 106 Å². The van der Waals surface area contributed by atoms with Gasteiger partial charge in [0.25, 0.3) is 5.91 Å². The molecule has 1 saturated heterocycles. The zero-order valence-corrected chi connectivity index (χ0v) is 21.0. The maximum Gasteiger partial charge on any atom is 0.409 e. The summed E-state index contributed by atoms with van der Waals surface area (Å²) in [6.07, 6.45) is -0.946. The van der Waals surface area contributed by atoms with E-state index in [2.05, 4.69) is 15.3 Å². The highest BCUT2D eigenvalue weighted by atomic mass is 16.6. The number of aliphatic carboxylic acids is 1. The number of benzene rings is 1. The predicted molar refractivity (Wildman–Crippen MR) is 133 cm³/mol. The molecule has 0 spiro atoms. The Hall–Kier alpha value is -4.26. The summed E-state index contributed by atoms with van der Waals surface area (Å²) in [5, 5.41) is 20.9.